The van der Waals surface area contributed by atoms with E-state index in [9.17, 15) is 27.8 Å². The number of nitrogens with one attached hydrogen (secondary N) is 1. The number of sulfonamides is 1. The molecule has 0 amide bonds. The second kappa shape index (κ2) is 6.76. The molecule has 2 rings (SSSR count). The number of aromatic hydroxyl groups is 1. The SMILES string of the molecule is O=C(O)[C@@H](Cc1ccc(O)cc1)NS(=O)(=O)c1cccc(F)c1. The van der Waals surface area contributed by atoms with Crippen LogP contribution in [0, 0.1) is 5.82 Å². The minimum atomic E-state index is -4.18. The number of hydrogen-bond acceptors (Lipinski definition) is 4. The van der Waals surface area contributed by atoms with Crippen molar-refractivity contribution in [1.29, 1.82) is 0 Å². The number of phenolic OH excluding ortho intramolecular Hbond substituents is 1. The van der Waals surface area contributed by atoms with Crippen LogP contribution >= 0.6 is 0 Å². The minimum absolute atomic E-state index is 0.0148. The first-order chi connectivity index (χ1) is 10.8. The van der Waals surface area contributed by atoms with Crippen LogP contribution in [0.2, 0.25) is 0 Å². The van der Waals surface area contributed by atoms with Gasteiger partial charge in [0, 0.05) is 0 Å². The number of carbonyl (C=O) groups is 1. The average molecular weight is 339 g/mol. The van der Waals surface area contributed by atoms with Crippen LogP contribution in [-0.4, -0.2) is 30.6 Å². The Labute approximate surface area is 132 Å². The third-order valence-corrected chi connectivity index (χ3v) is 4.55. The molecular formula is C15H14FNO5S. The molecule has 0 radical (unpaired) electrons. The van der Waals surface area contributed by atoms with Crippen molar-refractivity contribution in [2.45, 2.75) is 17.4 Å². The highest BCUT2D eigenvalue weighted by Gasteiger charge is 2.25. The van der Waals surface area contributed by atoms with E-state index in [4.69, 9.17) is 0 Å². The molecule has 0 spiro atoms. The number of phenols is 1. The largest absolute Gasteiger partial charge is 0.508 e. The molecule has 2 aromatic rings. The highest BCUT2D eigenvalue weighted by molar-refractivity contribution is 7.89. The molecule has 0 aliphatic heterocycles. The van der Waals surface area contributed by atoms with Crippen LogP contribution in [0.3, 0.4) is 0 Å². The molecule has 6 nitrogen and oxygen atoms in total. The molecule has 0 saturated carbocycles. The predicted molar refractivity (Wildman–Crippen MR) is 80.0 cm³/mol. The molecule has 8 heteroatoms. The summed E-state index contributed by atoms with van der Waals surface area (Å²) in [5.41, 5.74) is 0.525. The van der Waals surface area contributed by atoms with Gasteiger partial charge in [0.2, 0.25) is 10.0 Å². The van der Waals surface area contributed by atoms with E-state index in [1.807, 2.05) is 4.72 Å². The lowest BCUT2D eigenvalue weighted by molar-refractivity contribution is -0.138. The lowest BCUT2D eigenvalue weighted by Gasteiger charge is -2.15. The molecule has 0 fully saturated rings. The second-order valence-corrected chi connectivity index (χ2v) is 6.55. The van der Waals surface area contributed by atoms with Gasteiger partial charge in [0.15, 0.2) is 0 Å². The van der Waals surface area contributed by atoms with Crippen LogP contribution < -0.4 is 4.72 Å². The standard InChI is InChI=1S/C15H14FNO5S/c16-11-2-1-3-13(9-11)23(21,22)17-14(15(19)20)8-10-4-6-12(18)7-5-10/h1-7,9,14,17-18H,8H2,(H,19,20)/t14-/m1/s1. The van der Waals surface area contributed by atoms with E-state index < -0.39 is 27.9 Å². The smallest absolute Gasteiger partial charge is 0.322 e. The zero-order valence-electron chi connectivity index (χ0n) is 11.8. The van der Waals surface area contributed by atoms with Gasteiger partial charge in [-0.25, -0.2) is 12.8 Å². The molecule has 23 heavy (non-hydrogen) atoms. The van der Waals surface area contributed by atoms with E-state index in [-0.39, 0.29) is 17.1 Å². The molecule has 0 bridgehead atoms. The third kappa shape index (κ3) is 4.51. The summed E-state index contributed by atoms with van der Waals surface area (Å²) >= 11 is 0. The first kappa shape index (κ1) is 16.9. The molecule has 1 atom stereocenters. The highest BCUT2D eigenvalue weighted by atomic mass is 32.2. The number of aliphatic carboxylic acids is 1. The van der Waals surface area contributed by atoms with Gasteiger partial charge >= 0.3 is 5.97 Å². The fourth-order valence-corrected chi connectivity index (χ4v) is 3.16. The quantitative estimate of drug-likeness (QED) is 0.740. The summed E-state index contributed by atoms with van der Waals surface area (Å²) in [6.45, 7) is 0. The number of carboxylic acids is 1. The predicted octanol–water partition coefficient (Wildman–Crippen LogP) is 1.51. The van der Waals surface area contributed by atoms with Gasteiger partial charge in [-0.2, -0.15) is 4.72 Å². The molecule has 0 saturated heterocycles. The molecular weight excluding hydrogens is 325 g/mol. The number of rotatable bonds is 6. The summed E-state index contributed by atoms with van der Waals surface area (Å²) in [5, 5.41) is 18.4. The molecule has 0 heterocycles. The summed E-state index contributed by atoms with van der Waals surface area (Å²) in [7, 11) is -4.18. The van der Waals surface area contributed by atoms with Crippen molar-refractivity contribution in [1.82, 2.24) is 4.72 Å². The minimum Gasteiger partial charge on any atom is -0.508 e. The topological polar surface area (TPSA) is 104 Å². The monoisotopic (exact) mass is 339 g/mol. The fourth-order valence-electron chi connectivity index (χ4n) is 1.94. The lowest BCUT2D eigenvalue weighted by Crippen LogP contribution is -2.42. The van der Waals surface area contributed by atoms with Crippen molar-refractivity contribution in [3.05, 3.63) is 59.9 Å². The molecule has 0 aliphatic carbocycles. The van der Waals surface area contributed by atoms with Gasteiger partial charge in [-0.3, -0.25) is 4.79 Å². The zero-order chi connectivity index (χ0) is 17.0. The molecule has 3 N–H and O–H groups in total. The summed E-state index contributed by atoms with van der Waals surface area (Å²) in [6, 6.07) is 8.58. The van der Waals surface area contributed by atoms with Crippen molar-refractivity contribution in [3.8, 4) is 5.75 Å². The molecule has 0 unspecified atom stereocenters. The van der Waals surface area contributed by atoms with Crippen LogP contribution in [0.1, 0.15) is 5.56 Å². The Bertz CT molecular complexity index is 805. The van der Waals surface area contributed by atoms with Crippen molar-refractivity contribution in [2.24, 2.45) is 0 Å². The zero-order valence-corrected chi connectivity index (χ0v) is 12.6. The first-order valence-electron chi connectivity index (χ1n) is 6.56. The third-order valence-electron chi connectivity index (χ3n) is 3.08. The first-order valence-corrected chi connectivity index (χ1v) is 8.05. The van der Waals surface area contributed by atoms with Gasteiger partial charge < -0.3 is 10.2 Å². The molecule has 122 valence electrons. The van der Waals surface area contributed by atoms with Gasteiger partial charge in [-0.05, 0) is 42.3 Å². The molecule has 0 aromatic heterocycles. The van der Waals surface area contributed by atoms with Crippen LogP contribution in [0.15, 0.2) is 53.4 Å². The van der Waals surface area contributed by atoms with E-state index in [2.05, 4.69) is 0 Å². The van der Waals surface area contributed by atoms with Gasteiger partial charge in [-0.1, -0.05) is 18.2 Å². The summed E-state index contributed by atoms with van der Waals surface area (Å²) in [6.07, 6.45) is -0.121. The van der Waals surface area contributed by atoms with E-state index in [0.717, 1.165) is 12.1 Å². The van der Waals surface area contributed by atoms with E-state index >= 15 is 0 Å². The lowest BCUT2D eigenvalue weighted by atomic mass is 10.1. The fraction of sp³-hybridized carbons (Fsp3) is 0.133. The number of benzene rings is 2. The normalized spacial score (nSPS) is 12.7. The van der Waals surface area contributed by atoms with Gasteiger partial charge in [0.25, 0.3) is 0 Å². The van der Waals surface area contributed by atoms with Crippen LogP contribution in [0.4, 0.5) is 4.39 Å². The maximum Gasteiger partial charge on any atom is 0.322 e. The van der Waals surface area contributed by atoms with Crippen LogP contribution in [-0.2, 0) is 21.2 Å². The maximum absolute atomic E-state index is 13.1. The van der Waals surface area contributed by atoms with Gasteiger partial charge in [0.05, 0.1) is 4.90 Å². The number of hydrogen-bond donors (Lipinski definition) is 3. The summed E-state index contributed by atoms with van der Waals surface area (Å²) in [4.78, 5) is 10.9. The Hall–Kier alpha value is -2.45. The van der Waals surface area contributed by atoms with Crippen LogP contribution in [0.5, 0.6) is 5.75 Å². The van der Waals surface area contributed by atoms with E-state index in [0.29, 0.717) is 5.56 Å². The van der Waals surface area contributed by atoms with E-state index in [1.54, 1.807) is 0 Å². The Morgan fingerprint density at radius 2 is 1.83 bits per heavy atom. The van der Waals surface area contributed by atoms with Crippen molar-refractivity contribution in [2.75, 3.05) is 0 Å². The Morgan fingerprint density at radius 1 is 1.17 bits per heavy atom. The van der Waals surface area contributed by atoms with Crippen molar-refractivity contribution in [3.63, 3.8) is 0 Å². The van der Waals surface area contributed by atoms with Gasteiger partial charge in [-0.15, -0.1) is 0 Å². The summed E-state index contributed by atoms with van der Waals surface area (Å²) in [5.74, 6) is -2.09. The maximum atomic E-state index is 13.1. The number of halogens is 1. The second-order valence-electron chi connectivity index (χ2n) is 4.84. The molecule has 0 aliphatic rings. The van der Waals surface area contributed by atoms with Crippen molar-refractivity contribution < 1.29 is 27.8 Å². The van der Waals surface area contributed by atoms with Crippen molar-refractivity contribution >= 4 is 16.0 Å². The average Bonchev–Trinajstić information content (AvgIpc) is 2.48. The van der Waals surface area contributed by atoms with Crippen LogP contribution in [0.25, 0.3) is 0 Å². The van der Waals surface area contributed by atoms with Gasteiger partial charge in [0.1, 0.15) is 17.6 Å². The Balaban J connectivity index is 2.22. The molecule has 2 aromatic carbocycles. The summed E-state index contributed by atoms with van der Waals surface area (Å²) < 4.78 is 39.5. The number of carboxylic acid groups (broad SMARTS) is 1. The Kier molecular flexibility index (Phi) is 4.97. The highest BCUT2D eigenvalue weighted by Crippen LogP contribution is 2.14. The van der Waals surface area contributed by atoms with E-state index in [1.165, 1.54) is 36.4 Å². The Morgan fingerprint density at radius 3 is 2.39 bits per heavy atom.